The zero-order chi connectivity index (χ0) is 11.2. The van der Waals surface area contributed by atoms with Gasteiger partial charge in [-0.3, -0.25) is 4.98 Å². The van der Waals surface area contributed by atoms with Crippen molar-refractivity contribution in [3.63, 3.8) is 0 Å². The third-order valence-corrected chi connectivity index (χ3v) is 1.89. The molecule has 0 aliphatic carbocycles. The molecule has 0 saturated heterocycles. The zero-order valence-electron chi connectivity index (χ0n) is 8.74. The molecule has 0 amide bonds. The van der Waals surface area contributed by atoms with E-state index in [1.807, 2.05) is 12.1 Å². The molecule has 0 bridgehead atoms. The Bertz CT molecular complexity index is 484. The summed E-state index contributed by atoms with van der Waals surface area (Å²) < 4.78 is 4.97. The van der Waals surface area contributed by atoms with Crippen molar-refractivity contribution in [1.29, 1.82) is 0 Å². The van der Waals surface area contributed by atoms with Crippen LogP contribution < -0.4 is 4.74 Å². The topological polar surface area (TPSA) is 60.3 Å². The highest BCUT2D eigenvalue weighted by molar-refractivity contribution is 5.81. The Morgan fingerprint density at radius 1 is 1.25 bits per heavy atom. The summed E-state index contributed by atoms with van der Waals surface area (Å²) in [4.78, 5) is 16.0. The Labute approximate surface area is 92.9 Å². The summed E-state index contributed by atoms with van der Waals surface area (Å²) in [6.07, 6.45) is 6.55. The van der Waals surface area contributed by atoms with Gasteiger partial charge in [-0.15, -0.1) is 0 Å². The summed E-state index contributed by atoms with van der Waals surface area (Å²) in [5.41, 5.74) is 0.965. The van der Waals surface area contributed by atoms with Crippen LogP contribution in [0.2, 0.25) is 0 Å². The van der Waals surface area contributed by atoms with Crippen molar-refractivity contribution in [1.82, 2.24) is 15.0 Å². The second-order valence-corrected chi connectivity index (χ2v) is 2.96. The number of hydrogen-bond donors (Lipinski definition) is 0. The highest BCUT2D eigenvalue weighted by Crippen LogP contribution is 2.12. The Balaban J connectivity index is 2.17. The summed E-state index contributed by atoms with van der Waals surface area (Å²) in [5, 5.41) is 0. The van der Waals surface area contributed by atoms with E-state index in [9.17, 15) is 0 Å². The molecule has 0 saturated carbocycles. The maximum atomic E-state index is 4.97. The first kappa shape index (κ1) is 10.2. The van der Waals surface area contributed by atoms with Crippen LogP contribution in [-0.4, -0.2) is 28.3 Å². The van der Waals surface area contributed by atoms with Gasteiger partial charge in [-0.2, -0.15) is 0 Å². The summed E-state index contributed by atoms with van der Waals surface area (Å²) in [5.74, 6) is 1.06. The van der Waals surface area contributed by atoms with E-state index < -0.39 is 0 Å². The van der Waals surface area contributed by atoms with E-state index >= 15 is 0 Å². The van der Waals surface area contributed by atoms with E-state index in [4.69, 9.17) is 4.74 Å². The zero-order valence-corrected chi connectivity index (χ0v) is 8.74. The minimum Gasteiger partial charge on any atom is -0.481 e. The molecule has 2 heterocycles. The molecule has 0 aromatic carbocycles. The van der Waals surface area contributed by atoms with Crippen molar-refractivity contribution in [3.05, 3.63) is 42.5 Å². The SMILES string of the molecule is COc1cc(/N=C/c2ccncc2)ncn1. The van der Waals surface area contributed by atoms with E-state index in [0.717, 1.165) is 5.56 Å². The van der Waals surface area contributed by atoms with Crippen molar-refractivity contribution in [2.45, 2.75) is 0 Å². The fourth-order valence-corrected chi connectivity index (χ4v) is 1.10. The third-order valence-electron chi connectivity index (χ3n) is 1.89. The van der Waals surface area contributed by atoms with Crippen LogP contribution in [0.5, 0.6) is 5.88 Å². The van der Waals surface area contributed by atoms with Gasteiger partial charge >= 0.3 is 0 Å². The molecule has 80 valence electrons. The van der Waals surface area contributed by atoms with Crippen molar-refractivity contribution < 1.29 is 4.74 Å². The van der Waals surface area contributed by atoms with Gasteiger partial charge in [-0.05, 0) is 17.7 Å². The van der Waals surface area contributed by atoms with Crippen LogP contribution in [0.3, 0.4) is 0 Å². The number of aromatic nitrogens is 3. The molecule has 5 nitrogen and oxygen atoms in total. The van der Waals surface area contributed by atoms with Crippen LogP contribution in [0.4, 0.5) is 5.82 Å². The van der Waals surface area contributed by atoms with Crippen LogP contribution in [0, 0.1) is 0 Å². The standard InChI is InChI=1S/C11H10N4O/c1-16-11-6-10(14-8-15-11)13-7-9-2-4-12-5-3-9/h2-8H,1H3/b13-7+. The van der Waals surface area contributed by atoms with Gasteiger partial charge in [0.15, 0.2) is 5.82 Å². The van der Waals surface area contributed by atoms with E-state index in [1.54, 1.807) is 31.8 Å². The van der Waals surface area contributed by atoms with Crippen molar-refractivity contribution in [2.24, 2.45) is 4.99 Å². The van der Waals surface area contributed by atoms with Crippen molar-refractivity contribution in [3.8, 4) is 5.88 Å². The quantitative estimate of drug-likeness (QED) is 0.728. The first-order valence-electron chi connectivity index (χ1n) is 4.68. The molecule has 2 aromatic rings. The monoisotopic (exact) mass is 214 g/mol. The number of aliphatic imine (C=N–C) groups is 1. The predicted octanol–water partition coefficient (Wildman–Crippen LogP) is 1.63. The number of nitrogens with zero attached hydrogens (tertiary/aromatic N) is 4. The van der Waals surface area contributed by atoms with E-state index in [1.165, 1.54) is 6.33 Å². The summed E-state index contributed by atoms with van der Waals surface area (Å²) >= 11 is 0. The fourth-order valence-electron chi connectivity index (χ4n) is 1.10. The molecule has 0 aliphatic rings. The smallest absolute Gasteiger partial charge is 0.218 e. The number of hydrogen-bond acceptors (Lipinski definition) is 5. The summed E-state index contributed by atoms with van der Waals surface area (Å²) in [7, 11) is 1.55. The minimum atomic E-state index is 0.497. The Kier molecular flexibility index (Phi) is 3.18. The highest BCUT2D eigenvalue weighted by atomic mass is 16.5. The lowest BCUT2D eigenvalue weighted by atomic mass is 10.3. The van der Waals surface area contributed by atoms with Crippen LogP contribution in [-0.2, 0) is 0 Å². The molecule has 0 spiro atoms. The molecule has 5 heteroatoms. The number of pyridine rings is 1. The van der Waals surface area contributed by atoms with Gasteiger partial charge in [-0.25, -0.2) is 15.0 Å². The second-order valence-electron chi connectivity index (χ2n) is 2.96. The van der Waals surface area contributed by atoms with E-state index in [2.05, 4.69) is 19.9 Å². The number of rotatable bonds is 3. The van der Waals surface area contributed by atoms with Crippen LogP contribution in [0.25, 0.3) is 0 Å². The lowest BCUT2D eigenvalue weighted by Crippen LogP contribution is -1.88. The average molecular weight is 214 g/mol. The molecule has 0 radical (unpaired) electrons. The fraction of sp³-hybridized carbons (Fsp3) is 0.0909. The molecule has 2 aromatic heterocycles. The normalized spacial score (nSPS) is 10.6. The largest absolute Gasteiger partial charge is 0.481 e. The summed E-state index contributed by atoms with van der Waals surface area (Å²) in [6, 6.07) is 5.39. The first-order valence-corrected chi connectivity index (χ1v) is 4.68. The molecule has 16 heavy (non-hydrogen) atoms. The van der Waals surface area contributed by atoms with Gasteiger partial charge in [0.05, 0.1) is 7.11 Å². The van der Waals surface area contributed by atoms with Crippen LogP contribution >= 0.6 is 0 Å². The lowest BCUT2D eigenvalue weighted by Gasteiger charge is -1.97. The molecule has 0 fully saturated rings. The number of methoxy groups -OCH3 is 1. The molecule has 0 unspecified atom stereocenters. The molecule has 0 N–H and O–H groups in total. The lowest BCUT2D eigenvalue weighted by molar-refractivity contribution is 0.397. The summed E-state index contributed by atoms with van der Waals surface area (Å²) in [6.45, 7) is 0. The Morgan fingerprint density at radius 3 is 2.81 bits per heavy atom. The number of ether oxygens (including phenoxy) is 1. The Morgan fingerprint density at radius 2 is 2.06 bits per heavy atom. The maximum absolute atomic E-state index is 4.97. The highest BCUT2D eigenvalue weighted by Gasteiger charge is 1.95. The van der Waals surface area contributed by atoms with Gasteiger partial charge in [0, 0.05) is 24.7 Å². The van der Waals surface area contributed by atoms with Gasteiger partial charge in [0.2, 0.25) is 5.88 Å². The van der Waals surface area contributed by atoms with Gasteiger partial charge in [-0.1, -0.05) is 0 Å². The second kappa shape index (κ2) is 4.97. The van der Waals surface area contributed by atoms with E-state index in [-0.39, 0.29) is 0 Å². The van der Waals surface area contributed by atoms with Crippen LogP contribution in [0.15, 0.2) is 41.9 Å². The van der Waals surface area contributed by atoms with Gasteiger partial charge < -0.3 is 4.74 Å². The van der Waals surface area contributed by atoms with Crippen molar-refractivity contribution >= 4 is 12.0 Å². The first-order chi connectivity index (χ1) is 7.88. The maximum Gasteiger partial charge on any atom is 0.218 e. The van der Waals surface area contributed by atoms with Crippen molar-refractivity contribution in [2.75, 3.05) is 7.11 Å². The molecular formula is C11H10N4O. The molecular weight excluding hydrogens is 204 g/mol. The Hall–Kier alpha value is -2.30. The molecule has 0 atom stereocenters. The third kappa shape index (κ3) is 2.60. The molecule has 0 aliphatic heterocycles. The van der Waals surface area contributed by atoms with Crippen LogP contribution in [0.1, 0.15) is 5.56 Å². The average Bonchev–Trinajstić information content (AvgIpc) is 2.38. The van der Waals surface area contributed by atoms with Gasteiger partial charge in [0.25, 0.3) is 0 Å². The molecule has 2 rings (SSSR count). The minimum absolute atomic E-state index is 0.497. The van der Waals surface area contributed by atoms with Gasteiger partial charge in [0.1, 0.15) is 6.33 Å². The van der Waals surface area contributed by atoms with E-state index in [0.29, 0.717) is 11.7 Å². The predicted molar refractivity (Wildman–Crippen MR) is 60.1 cm³/mol.